The minimum Gasteiger partial charge on any atom is -0.478 e. The van der Waals surface area contributed by atoms with Crippen LogP contribution in [0.1, 0.15) is 29.7 Å². The van der Waals surface area contributed by atoms with Crippen LogP contribution in [0.25, 0.3) is 0 Å². The van der Waals surface area contributed by atoms with Crippen LogP contribution in [-0.2, 0) is 13.6 Å². The number of hydrogen-bond acceptors (Lipinski definition) is 5. The second-order valence-electron chi connectivity index (χ2n) is 4.70. The summed E-state index contributed by atoms with van der Waals surface area (Å²) in [6.07, 6.45) is 0. The van der Waals surface area contributed by atoms with Crippen molar-refractivity contribution in [3.63, 3.8) is 0 Å². The number of aromatic nitrogens is 4. The van der Waals surface area contributed by atoms with Gasteiger partial charge in [-0.3, -0.25) is 4.68 Å². The number of ether oxygens (including phenoxy) is 1. The largest absolute Gasteiger partial charge is 0.478 e. The topological polar surface area (TPSA) is 64.9 Å². The predicted octanol–water partition coefficient (Wildman–Crippen LogP) is 2.15. The van der Waals surface area contributed by atoms with Crippen molar-refractivity contribution in [1.29, 1.82) is 0 Å². The number of nitrogens with one attached hydrogen (secondary N) is 1. The maximum Gasteiger partial charge on any atom is 0.218 e. The third-order valence-electron chi connectivity index (χ3n) is 3.21. The van der Waals surface area contributed by atoms with Crippen molar-refractivity contribution in [2.75, 3.05) is 11.9 Å². The Hall–Kier alpha value is -2.11. The van der Waals surface area contributed by atoms with Crippen LogP contribution in [0.4, 0.5) is 5.82 Å². The Kier molecular flexibility index (Phi) is 4.22. The lowest BCUT2D eigenvalue weighted by Gasteiger charge is -2.09. The standard InChI is InChI=1S/C14H21N5O/c1-6-20-14-7-13(16-11(4)17-14)15-8-12-9(2)18-19(5)10(12)3/h7H,6,8H2,1-5H3,(H,15,16,17). The molecule has 2 aromatic rings. The van der Waals surface area contributed by atoms with E-state index in [1.54, 1.807) is 0 Å². The van der Waals surface area contributed by atoms with Crippen molar-refractivity contribution < 1.29 is 4.74 Å². The third-order valence-corrected chi connectivity index (χ3v) is 3.21. The zero-order valence-electron chi connectivity index (χ0n) is 12.7. The number of rotatable bonds is 5. The van der Waals surface area contributed by atoms with Gasteiger partial charge in [0, 0.05) is 30.9 Å². The minimum absolute atomic E-state index is 0.594. The number of nitrogens with zero attached hydrogens (tertiary/aromatic N) is 4. The molecule has 0 bridgehead atoms. The summed E-state index contributed by atoms with van der Waals surface area (Å²) in [6.45, 7) is 9.15. The summed E-state index contributed by atoms with van der Waals surface area (Å²) in [5.74, 6) is 2.06. The highest BCUT2D eigenvalue weighted by Crippen LogP contribution is 2.17. The third kappa shape index (κ3) is 3.07. The zero-order chi connectivity index (χ0) is 14.7. The molecular formula is C14H21N5O. The lowest BCUT2D eigenvalue weighted by Crippen LogP contribution is -2.06. The van der Waals surface area contributed by atoms with E-state index in [1.165, 1.54) is 5.56 Å². The monoisotopic (exact) mass is 275 g/mol. The highest BCUT2D eigenvalue weighted by molar-refractivity contribution is 5.40. The fourth-order valence-electron chi connectivity index (χ4n) is 2.10. The SMILES string of the molecule is CCOc1cc(NCc2c(C)nn(C)c2C)nc(C)n1. The van der Waals surface area contributed by atoms with Gasteiger partial charge in [-0.05, 0) is 27.7 Å². The molecule has 0 saturated carbocycles. The Bertz CT molecular complexity index is 606. The van der Waals surface area contributed by atoms with E-state index in [2.05, 4.69) is 27.3 Å². The van der Waals surface area contributed by atoms with Crippen LogP contribution >= 0.6 is 0 Å². The average molecular weight is 275 g/mol. The second-order valence-corrected chi connectivity index (χ2v) is 4.70. The van der Waals surface area contributed by atoms with Gasteiger partial charge >= 0.3 is 0 Å². The van der Waals surface area contributed by atoms with Crippen LogP contribution in [0.2, 0.25) is 0 Å². The Labute approximate surface area is 119 Å². The van der Waals surface area contributed by atoms with E-state index in [-0.39, 0.29) is 0 Å². The molecule has 0 unspecified atom stereocenters. The lowest BCUT2D eigenvalue weighted by atomic mass is 10.2. The van der Waals surface area contributed by atoms with Crippen molar-refractivity contribution in [1.82, 2.24) is 19.7 Å². The molecule has 0 saturated heterocycles. The first kappa shape index (κ1) is 14.3. The van der Waals surface area contributed by atoms with Crippen molar-refractivity contribution in [2.45, 2.75) is 34.2 Å². The molecule has 6 heteroatoms. The van der Waals surface area contributed by atoms with Gasteiger partial charge in [0.2, 0.25) is 5.88 Å². The molecule has 0 aliphatic carbocycles. The summed E-state index contributed by atoms with van der Waals surface area (Å²) in [4.78, 5) is 8.60. The molecule has 0 atom stereocenters. The Balaban J connectivity index is 2.14. The highest BCUT2D eigenvalue weighted by Gasteiger charge is 2.10. The number of aryl methyl sites for hydroxylation is 3. The fraction of sp³-hybridized carbons (Fsp3) is 0.500. The first-order valence-electron chi connectivity index (χ1n) is 6.72. The van der Waals surface area contributed by atoms with Gasteiger partial charge < -0.3 is 10.1 Å². The molecule has 0 fully saturated rings. The Morgan fingerprint density at radius 3 is 2.60 bits per heavy atom. The number of hydrogen-bond donors (Lipinski definition) is 1. The van der Waals surface area contributed by atoms with Gasteiger partial charge in [-0.15, -0.1) is 0 Å². The molecule has 108 valence electrons. The predicted molar refractivity (Wildman–Crippen MR) is 77.9 cm³/mol. The van der Waals surface area contributed by atoms with Crippen LogP contribution in [0.5, 0.6) is 5.88 Å². The molecule has 0 spiro atoms. The van der Waals surface area contributed by atoms with Crippen molar-refractivity contribution in [3.05, 3.63) is 28.8 Å². The van der Waals surface area contributed by atoms with Crippen LogP contribution in [-0.4, -0.2) is 26.4 Å². The number of anilines is 1. The first-order valence-corrected chi connectivity index (χ1v) is 6.72. The molecule has 0 amide bonds. The van der Waals surface area contributed by atoms with E-state index in [4.69, 9.17) is 4.74 Å². The van der Waals surface area contributed by atoms with E-state index in [1.807, 2.05) is 38.6 Å². The fourth-order valence-corrected chi connectivity index (χ4v) is 2.10. The van der Waals surface area contributed by atoms with E-state index in [0.717, 1.165) is 17.2 Å². The van der Waals surface area contributed by atoms with Crippen molar-refractivity contribution >= 4 is 5.82 Å². The van der Waals surface area contributed by atoms with Gasteiger partial charge in [-0.1, -0.05) is 0 Å². The van der Waals surface area contributed by atoms with Crippen LogP contribution in [0.15, 0.2) is 6.07 Å². The van der Waals surface area contributed by atoms with E-state index in [0.29, 0.717) is 24.9 Å². The summed E-state index contributed by atoms with van der Waals surface area (Å²) in [5.41, 5.74) is 3.39. The van der Waals surface area contributed by atoms with Crippen LogP contribution in [0.3, 0.4) is 0 Å². The van der Waals surface area contributed by atoms with Crippen LogP contribution in [0, 0.1) is 20.8 Å². The minimum atomic E-state index is 0.594. The molecule has 0 radical (unpaired) electrons. The maximum absolute atomic E-state index is 5.42. The Morgan fingerprint density at radius 2 is 2.00 bits per heavy atom. The van der Waals surface area contributed by atoms with Gasteiger partial charge in [-0.2, -0.15) is 10.1 Å². The van der Waals surface area contributed by atoms with Gasteiger partial charge in [0.05, 0.1) is 12.3 Å². The molecule has 20 heavy (non-hydrogen) atoms. The smallest absolute Gasteiger partial charge is 0.218 e. The van der Waals surface area contributed by atoms with Crippen molar-refractivity contribution in [2.24, 2.45) is 7.05 Å². The van der Waals surface area contributed by atoms with Crippen molar-refractivity contribution in [3.8, 4) is 5.88 Å². The van der Waals surface area contributed by atoms with E-state index < -0.39 is 0 Å². The van der Waals surface area contributed by atoms with Gasteiger partial charge in [0.1, 0.15) is 11.6 Å². The molecule has 2 aromatic heterocycles. The zero-order valence-corrected chi connectivity index (χ0v) is 12.7. The molecule has 2 heterocycles. The summed E-state index contributed by atoms with van der Waals surface area (Å²) in [5, 5.41) is 7.72. The van der Waals surface area contributed by atoms with Gasteiger partial charge in [0.25, 0.3) is 0 Å². The summed E-state index contributed by atoms with van der Waals surface area (Å²) < 4.78 is 7.32. The van der Waals surface area contributed by atoms with E-state index >= 15 is 0 Å². The molecule has 0 aliphatic heterocycles. The van der Waals surface area contributed by atoms with Gasteiger partial charge in [0.15, 0.2) is 0 Å². The molecular weight excluding hydrogens is 254 g/mol. The van der Waals surface area contributed by atoms with Crippen LogP contribution < -0.4 is 10.1 Å². The van der Waals surface area contributed by atoms with E-state index in [9.17, 15) is 0 Å². The normalized spacial score (nSPS) is 10.7. The van der Waals surface area contributed by atoms with Gasteiger partial charge in [-0.25, -0.2) is 4.98 Å². The second kappa shape index (κ2) is 5.90. The molecule has 0 aromatic carbocycles. The average Bonchev–Trinajstić information content (AvgIpc) is 2.61. The quantitative estimate of drug-likeness (QED) is 0.905. The summed E-state index contributed by atoms with van der Waals surface area (Å²) >= 11 is 0. The summed E-state index contributed by atoms with van der Waals surface area (Å²) in [7, 11) is 1.95. The molecule has 0 aliphatic rings. The molecule has 2 rings (SSSR count). The molecule has 6 nitrogen and oxygen atoms in total. The first-order chi connectivity index (χ1) is 9.51. The lowest BCUT2D eigenvalue weighted by molar-refractivity contribution is 0.325. The molecule has 1 N–H and O–H groups in total. The highest BCUT2D eigenvalue weighted by atomic mass is 16.5. The Morgan fingerprint density at radius 1 is 1.25 bits per heavy atom. The summed E-state index contributed by atoms with van der Waals surface area (Å²) in [6, 6.07) is 1.82. The maximum atomic E-state index is 5.42.